The van der Waals surface area contributed by atoms with E-state index in [1.807, 2.05) is 46.4 Å². The van der Waals surface area contributed by atoms with Gasteiger partial charge in [0.05, 0.1) is 12.1 Å². The molecule has 0 aliphatic heterocycles. The van der Waals surface area contributed by atoms with E-state index < -0.39 is 26.8 Å². The van der Waals surface area contributed by atoms with Crippen molar-refractivity contribution in [3.8, 4) is 5.75 Å². The Balaban J connectivity index is 2.55. The third-order valence-electron chi connectivity index (χ3n) is 5.47. The van der Waals surface area contributed by atoms with E-state index in [1.54, 1.807) is 23.1 Å². The highest BCUT2D eigenvalue weighted by Crippen LogP contribution is 2.33. The van der Waals surface area contributed by atoms with Gasteiger partial charge >= 0.3 is 22.3 Å². The number of nitrogens with one attached hydrogen (secondary N) is 1. The number of urea groups is 1. The van der Waals surface area contributed by atoms with Crippen LogP contribution < -0.4 is 14.4 Å². The highest BCUT2D eigenvalue weighted by molar-refractivity contribution is 7.87. The van der Waals surface area contributed by atoms with Crippen LogP contribution >= 0.6 is 0 Å². The molecule has 2 aromatic rings. The molecule has 37 heavy (non-hydrogen) atoms. The van der Waals surface area contributed by atoms with Crippen molar-refractivity contribution < 1.29 is 30.6 Å². The molecule has 0 bridgehead atoms. The fraction of sp³-hybridized carbons (Fsp3) is 0.500. The Bertz CT molecular complexity index is 1160. The molecule has 0 aliphatic rings. The number of amides is 2. The monoisotopic (exact) mass is 543 g/mol. The largest absolute Gasteiger partial charge is 0.416 e. The minimum Gasteiger partial charge on any atom is -0.379 e. The van der Waals surface area contributed by atoms with Gasteiger partial charge in [-0.3, -0.25) is 0 Å². The molecule has 0 aromatic heterocycles. The number of hydrogen-bond donors (Lipinski definition) is 1. The molecular weight excluding hydrogens is 507 g/mol. The molecule has 0 fully saturated rings. The first-order valence-corrected chi connectivity index (χ1v) is 13.6. The SMILES string of the molecule is CCN(CC)c1ccc(CN(CC(C)C)C(=O)NC(C)C)c(OS(=O)(=O)c2cccc(C(F)(F)F)c2)c1. The summed E-state index contributed by atoms with van der Waals surface area (Å²) in [5, 5.41) is 2.84. The molecule has 7 nitrogen and oxygen atoms in total. The van der Waals surface area contributed by atoms with E-state index >= 15 is 0 Å². The maximum absolute atomic E-state index is 13.2. The van der Waals surface area contributed by atoms with Crippen molar-refractivity contribution in [1.29, 1.82) is 0 Å². The zero-order valence-electron chi connectivity index (χ0n) is 22.1. The molecule has 0 atom stereocenters. The predicted molar refractivity (Wildman–Crippen MR) is 138 cm³/mol. The number of nitrogens with zero attached hydrogens (tertiary/aromatic N) is 2. The van der Waals surface area contributed by atoms with Crippen molar-refractivity contribution in [2.24, 2.45) is 5.92 Å². The van der Waals surface area contributed by atoms with Gasteiger partial charge in [0.25, 0.3) is 0 Å². The molecule has 0 heterocycles. The fourth-order valence-electron chi connectivity index (χ4n) is 3.74. The second kappa shape index (κ2) is 12.5. The van der Waals surface area contributed by atoms with Crippen LogP contribution in [-0.4, -0.2) is 45.0 Å². The molecule has 0 unspecified atom stereocenters. The highest BCUT2D eigenvalue weighted by Gasteiger charge is 2.32. The van der Waals surface area contributed by atoms with Crippen LogP contribution in [0.5, 0.6) is 5.75 Å². The minimum absolute atomic E-state index is 0.0444. The quantitative estimate of drug-likeness (QED) is 0.357. The van der Waals surface area contributed by atoms with E-state index in [0.29, 0.717) is 37.0 Å². The van der Waals surface area contributed by atoms with Gasteiger partial charge in [0.2, 0.25) is 0 Å². The fourth-order valence-corrected chi connectivity index (χ4v) is 4.74. The average Bonchev–Trinajstić information content (AvgIpc) is 2.79. The Kier molecular flexibility index (Phi) is 10.3. The Labute approximate surface area is 217 Å². The third-order valence-corrected chi connectivity index (χ3v) is 6.71. The molecule has 206 valence electrons. The van der Waals surface area contributed by atoms with Crippen LogP contribution in [0.3, 0.4) is 0 Å². The number of alkyl halides is 3. The first-order chi connectivity index (χ1) is 17.2. The van der Waals surface area contributed by atoms with Gasteiger partial charge in [-0.15, -0.1) is 0 Å². The highest BCUT2D eigenvalue weighted by atomic mass is 32.2. The van der Waals surface area contributed by atoms with Crippen LogP contribution in [0.4, 0.5) is 23.7 Å². The van der Waals surface area contributed by atoms with Crippen molar-refractivity contribution in [3.05, 3.63) is 53.6 Å². The Morgan fingerprint density at radius 1 is 1.03 bits per heavy atom. The van der Waals surface area contributed by atoms with Gasteiger partial charge in [-0.25, -0.2) is 4.79 Å². The molecule has 11 heteroatoms. The van der Waals surface area contributed by atoms with E-state index in [-0.39, 0.29) is 30.3 Å². The first-order valence-electron chi connectivity index (χ1n) is 12.2. The number of carbonyl (C=O) groups is 1. The number of benzene rings is 2. The van der Waals surface area contributed by atoms with Gasteiger partial charge in [-0.2, -0.15) is 21.6 Å². The topological polar surface area (TPSA) is 79.0 Å². The smallest absolute Gasteiger partial charge is 0.379 e. The van der Waals surface area contributed by atoms with Gasteiger partial charge in [0.15, 0.2) is 0 Å². The molecule has 0 saturated heterocycles. The number of rotatable bonds is 11. The second-order valence-corrected chi connectivity index (χ2v) is 11.0. The molecule has 2 rings (SSSR count). The van der Waals surface area contributed by atoms with Gasteiger partial charge in [0.1, 0.15) is 10.6 Å². The Hall–Kier alpha value is -2.95. The number of carbonyl (C=O) groups excluding carboxylic acids is 1. The van der Waals surface area contributed by atoms with E-state index in [0.717, 1.165) is 18.2 Å². The Morgan fingerprint density at radius 2 is 1.68 bits per heavy atom. The van der Waals surface area contributed by atoms with Crippen LogP contribution in [0.2, 0.25) is 0 Å². The van der Waals surface area contributed by atoms with E-state index in [2.05, 4.69) is 5.32 Å². The summed E-state index contributed by atoms with van der Waals surface area (Å²) in [4.78, 5) is 15.8. The second-order valence-electron chi connectivity index (χ2n) is 9.41. The van der Waals surface area contributed by atoms with Gasteiger partial charge in [-0.05, 0) is 57.9 Å². The van der Waals surface area contributed by atoms with E-state index in [9.17, 15) is 26.4 Å². The van der Waals surface area contributed by atoms with Gasteiger partial charge in [-0.1, -0.05) is 26.0 Å². The molecule has 2 amide bonds. The lowest BCUT2D eigenvalue weighted by Gasteiger charge is -2.28. The van der Waals surface area contributed by atoms with Crippen LogP contribution in [0, 0.1) is 5.92 Å². The minimum atomic E-state index is -4.71. The lowest BCUT2D eigenvalue weighted by molar-refractivity contribution is -0.137. The van der Waals surface area contributed by atoms with Crippen molar-refractivity contribution in [2.75, 3.05) is 24.5 Å². The molecule has 0 radical (unpaired) electrons. The van der Waals surface area contributed by atoms with Crippen LogP contribution in [0.25, 0.3) is 0 Å². The van der Waals surface area contributed by atoms with Crippen molar-refractivity contribution in [2.45, 2.75) is 65.2 Å². The Morgan fingerprint density at radius 3 is 2.22 bits per heavy atom. The van der Waals surface area contributed by atoms with E-state index in [1.165, 1.54) is 0 Å². The standard InChI is InChI=1S/C26H36F3N3O4S/c1-7-31(8-2)22-13-12-20(17-32(16-18(3)4)25(33)30-19(5)6)24(15-22)36-37(34,35)23-11-9-10-21(14-23)26(27,28)29/h9-15,18-19H,7-8,16-17H2,1-6H3,(H,30,33). The van der Waals surface area contributed by atoms with Crippen molar-refractivity contribution in [3.63, 3.8) is 0 Å². The molecular formula is C26H36F3N3O4S. The van der Waals surface area contributed by atoms with Gasteiger partial charge < -0.3 is 19.3 Å². The summed E-state index contributed by atoms with van der Waals surface area (Å²) in [6.07, 6.45) is -4.71. The molecule has 2 aromatic carbocycles. The average molecular weight is 544 g/mol. The zero-order valence-corrected chi connectivity index (χ0v) is 22.9. The summed E-state index contributed by atoms with van der Waals surface area (Å²) in [5.41, 5.74) is -0.00111. The number of anilines is 1. The molecule has 0 spiro atoms. The summed E-state index contributed by atoms with van der Waals surface area (Å²) in [6, 6.07) is 8.02. The summed E-state index contributed by atoms with van der Waals surface area (Å²) in [5.74, 6) is 0.0824. The summed E-state index contributed by atoms with van der Waals surface area (Å²) in [7, 11) is -4.61. The van der Waals surface area contributed by atoms with E-state index in [4.69, 9.17) is 4.18 Å². The molecule has 0 aliphatic carbocycles. The summed E-state index contributed by atoms with van der Waals surface area (Å²) < 4.78 is 71.2. The van der Waals surface area contributed by atoms with Crippen LogP contribution in [0.15, 0.2) is 47.4 Å². The van der Waals surface area contributed by atoms with Crippen LogP contribution in [-0.2, 0) is 22.8 Å². The van der Waals surface area contributed by atoms with Crippen LogP contribution in [0.1, 0.15) is 52.7 Å². The zero-order chi connectivity index (χ0) is 28.0. The summed E-state index contributed by atoms with van der Waals surface area (Å²) >= 11 is 0. The van der Waals surface area contributed by atoms with Gasteiger partial charge in [0, 0.05) is 43.0 Å². The first kappa shape index (κ1) is 30.3. The lowest BCUT2D eigenvalue weighted by atomic mass is 10.1. The number of hydrogen-bond acceptors (Lipinski definition) is 5. The molecule has 0 saturated carbocycles. The maximum Gasteiger partial charge on any atom is 0.416 e. The summed E-state index contributed by atoms with van der Waals surface area (Å²) in [6.45, 7) is 13.2. The maximum atomic E-state index is 13.2. The lowest BCUT2D eigenvalue weighted by Crippen LogP contribution is -2.44. The normalized spacial score (nSPS) is 12.1. The van der Waals surface area contributed by atoms with Crippen molar-refractivity contribution >= 4 is 21.8 Å². The number of halogens is 3. The predicted octanol–water partition coefficient (Wildman–Crippen LogP) is 5.90. The van der Waals surface area contributed by atoms with Crippen molar-refractivity contribution in [1.82, 2.24) is 10.2 Å². The third kappa shape index (κ3) is 8.55. The molecule has 1 N–H and O–H groups in total.